The van der Waals surface area contributed by atoms with Crippen LogP contribution in [0.2, 0.25) is 0 Å². The van der Waals surface area contributed by atoms with E-state index in [0.717, 1.165) is 36.6 Å². The van der Waals surface area contributed by atoms with E-state index in [0.29, 0.717) is 11.5 Å². The first-order chi connectivity index (χ1) is 12.8. The Kier molecular flexibility index (Phi) is 3.34. The Balaban J connectivity index is 1.54. The summed E-state index contributed by atoms with van der Waals surface area (Å²) in [5, 5.41) is 9.85. The zero-order valence-electron chi connectivity index (χ0n) is 14.0. The number of pyridine rings is 2. The van der Waals surface area contributed by atoms with Crippen LogP contribution in [0.1, 0.15) is 6.42 Å². The van der Waals surface area contributed by atoms with Gasteiger partial charge >= 0.3 is 6.03 Å². The number of nitrogens with one attached hydrogen (secondary N) is 2. The minimum Gasteiger partial charge on any atom is -0.366 e. The Hall–Kier alpha value is -3.42. The summed E-state index contributed by atoms with van der Waals surface area (Å²) in [6.07, 6.45) is 5.93. The Morgan fingerprint density at radius 3 is 3.00 bits per heavy atom. The van der Waals surface area contributed by atoms with Gasteiger partial charge in [0.15, 0.2) is 5.82 Å². The number of nitrogens with zero attached hydrogens (tertiary/aromatic N) is 5. The highest BCUT2D eigenvalue weighted by Crippen LogP contribution is 2.40. The highest BCUT2D eigenvalue weighted by atomic mass is 16.2. The average molecular weight is 347 g/mol. The number of hydrogen-bond acceptors (Lipinski definition) is 5. The number of hydrogen-bond donors (Lipinski definition) is 2. The summed E-state index contributed by atoms with van der Waals surface area (Å²) in [7, 11) is 0. The van der Waals surface area contributed by atoms with Crippen molar-refractivity contribution in [3.63, 3.8) is 0 Å². The van der Waals surface area contributed by atoms with Crippen molar-refractivity contribution in [3.8, 4) is 11.4 Å². The van der Waals surface area contributed by atoms with E-state index in [1.165, 1.54) is 0 Å². The van der Waals surface area contributed by atoms with E-state index < -0.39 is 0 Å². The summed E-state index contributed by atoms with van der Waals surface area (Å²) in [6.45, 7) is 1.76. The predicted octanol–water partition coefficient (Wildman–Crippen LogP) is 2.50. The summed E-state index contributed by atoms with van der Waals surface area (Å²) >= 11 is 0. The first kappa shape index (κ1) is 14.9. The number of aromatic amines is 1. The molecule has 0 saturated carbocycles. The van der Waals surface area contributed by atoms with E-state index >= 15 is 0 Å². The smallest absolute Gasteiger partial charge is 0.327 e. The van der Waals surface area contributed by atoms with Crippen LogP contribution in [0.3, 0.4) is 0 Å². The standard InChI is InChI=1S/C18H17N7O/c26-18(21-12-2-1-7-19-10-12)25-13-6-9-24(11-13)16-4-3-14(22-17(16)25)15-5-8-20-23-15/h1-5,7-8,10,13H,6,9,11H2,(H,20,23)(H,21,26)/t13-/m0/s1. The molecule has 0 spiro atoms. The highest BCUT2D eigenvalue weighted by molar-refractivity contribution is 6.04. The fraction of sp³-hybridized carbons (Fsp3) is 0.222. The number of rotatable bonds is 2. The van der Waals surface area contributed by atoms with Crippen LogP contribution in [0.25, 0.3) is 11.4 Å². The minimum absolute atomic E-state index is 0.115. The van der Waals surface area contributed by atoms with Gasteiger partial charge in [-0.15, -0.1) is 0 Å². The van der Waals surface area contributed by atoms with E-state index in [4.69, 9.17) is 4.98 Å². The summed E-state index contributed by atoms with van der Waals surface area (Å²) in [5.41, 5.74) is 3.25. The molecule has 2 bridgehead atoms. The molecule has 3 aromatic rings. The number of fused-ring (bicyclic) bond motifs is 4. The van der Waals surface area contributed by atoms with Gasteiger partial charge in [-0.1, -0.05) is 0 Å². The fourth-order valence-electron chi connectivity index (χ4n) is 3.64. The molecule has 8 heteroatoms. The molecule has 2 N–H and O–H groups in total. The summed E-state index contributed by atoms with van der Waals surface area (Å²) in [6, 6.07) is 9.42. The van der Waals surface area contributed by atoms with Crippen LogP contribution in [-0.2, 0) is 0 Å². The van der Waals surface area contributed by atoms with E-state index in [1.807, 2.05) is 24.3 Å². The second kappa shape index (κ2) is 5.83. The van der Waals surface area contributed by atoms with Crippen molar-refractivity contribution in [2.45, 2.75) is 12.5 Å². The van der Waals surface area contributed by atoms with Gasteiger partial charge in [0.05, 0.1) is 35.0 Å². The maximum Gasteiger partial charge on any atom is 0.327 e. The predicted molar refractivity (Wildman–Crippen MR) is 98.2 cm³/mol. The summed E-state index contributed by atoms with van der Waals surface area (Å²) < 4.78 is 0. The molecule has 8 nitrogen and oxygen atoms in total. The minimum atomic E-state index is -0.180. The first-order valence-corrected chi connectivity index (χ1v) is 8.55. The third kappa shape index (κ3) is 2.38. The van der Waals surface area contributed by atoms with Crippen LogP contribution in [-0.4, -0.2) is 45.3 Å². The SMILES string of the molecule is O=C(Nc1cccnc1)N1c2nc(-c3ccn[nH]3)ccc2N2CC[C@H]1C2. The van der Waals surface area contributed by atoms with Gasteiger partial charge in [0.25, 0.3) is 0 Å². The van der Waals surface area contributed by atoms with E-state index in [1.54, 1.807) is 29.6 Å². The number of anilines is 3. The van der Waals surface area contributed by atoms with Crippen molar-refractivity contribution in [3.05, 3.63) is 48.9 Å². The van der Waals surface area contributed by atoms with Crippen LogP contribution >= 0.6 is 0 Å². The number of aromatic nitrogens is 4. The molecule has 3 aromatic heterocycles. The lowest BCUT2D eigenvalue weighted by atomic mass is 10.1. The number of carbonyl (C=O) groups excluding carboxylic acids is 1. The molecular formula is C18H17N7O. The molecular weight excluding hydrogens is 330 g/mol. The second-order valence-corrected chi connectivity index (χ2v) is 6.44. The van der Waals surface area contributed by atoms with Gasteiger partial charge in [0.1, 0.15) is 0 Å². The number of H-pyrrole nitrogens is 1. The number of urea groups is 1. The van der Waals surface area contributed by atoms with Crippen LogP contribution in [0.15, 0.2) is 48.9 Å². The largest absolute Gasteiger partial charge is 0.366 e. The molecule has 2 aliphatic heterocycles. The third-order valence-corrected chi connectivity index (χ3v) is 4.86. The molecule has 2 aliphatic rings. The van der Waals surface area contributed by atoms with Gasteiger partial charge < -0.3 is 10.2 Å². The molecule has 0 unspecified atom stereocenters. The molecule has 1 saturated heterocycles. The highest BCUT2D eigenvalue weighted by Gasteiger charge is 2.40. The quantitative estimate of drug-likeness (QED) is 0.743. The zero-order chi connectivity index (χ0) is 17.5. The fourth-order valence-corrected chi connectivity index (χ4v) is 3.64. The van der Waals surface area contributed by atoms with Crippen LogP contribution in [0.5, 0.6) is 0 Å². The molecule has 130 valence electrons. The van der Waals surface area contributed by atoms with Crippen molar-refractivity contribution in [2.24, 2.45) is 0 Å². The van der Waals surface area contributed by atoms with Crippen molar-refractivity contribution in [1.29, 1.82) is 0 Å². The maximum atomic E-state index is 13.0. The van der Waals surface area contributed by atoms with Gasteiger partial charge in [0.2, 0.25) is 0 Å². The monoisotopic (exact) mass is 347 g/mol. The van der Waals surface area contributed by atoms with Gasteiger partial charge in [0, 0.05) is 25.5 Å². The lowest BCUT2D eigenvalue weighted by Gasteiger charge is -2.35. The van der Waals surface area contributed by atoms with E-state index in [9.17, 15) is 4.79 Å². The van der Waals surface area contributed by atoms with Crippen molar-refractivity contribution >= 4 is 23.2 Å². The average Bonchev–Trinajstić information content (AvgIpc) is 3.33. The van der Waals surface area contributed by atoms with Crippen molar-refractivity contribution < 1.29 is 4.79 Å². The van der Waals surface area contributed by atoms with Gasteiger partial charge in [-0.25, -0.2) is 9.78 Å². The molecule has 1 fully saturated rings. The molecule has 1 atom stereocenters. The molecule has 0 radical (unpaired) electrons. The summed E-state index contributed by atoms with van der Waals surface area (Å²) in [4.78, 5) is 25.9. The normalized spacial score (nSPS) is 17.9. The molecule has 0 aliphatic carbocycles. The van der Waals surface area contributed by atoms with Crippen molar-refractivity contribution in [2.75, 3.05) is 28.2 Å². The molecule has 26 heavy (non-hydrogen) atoms. The number of amides is 2. The van der Waals surface area contributed by atoms with E-state index in [2.05, 4.69) is 25.4 Å². The zero-order valence-corrected chi connectivity index (χ0v) is 14.0. The molecule has 2 amide bonds. The molecule has 5 heterocycles. The van der Waals surface area contributed by atoms with Crippen LogP contribution in [0.4, 0.5) is 22.0 Å². The van der Waals surface area contributed by atoms with Gasteiger partial charge in [-0.3, -0.25) is 15.0 Å². The topological polar surface area (TPSA) is 90.0 Å². The van der Waals surface area contributed by atoms with Crippen LogP contribution in [0, 0.1) is 0 Å². The second-order valence-electron chi connectivity index (χ2n) is 6.44. The Morgan fingerprint density at radius 2 is 2.19 bits per heavy atom. The van der Waals surface area contributed by atoms with Crippen molar-refractivity contribution in [1.82, 2.24) is 20.2 Å². The van der Waals surface area contributed by atoms with E-state index in [-0.39, 0.29) is 12.1 Å². The number of carbonyl (C=O) groups is 1. The Labute approximate surface area is 149 Å². The van der Waals surface area contributed by atoms with Crippen LogP contribution < -0.4 is 15.1 Å². The van der Waals surface area contributed by atoms with Gasteiger partial charge in [-0.05, 0) is 36.8 Å². The lowest BCUT2D eigenvalue weighted by Crippen LogP contribution is -2.48. The molecule has 0 aromatic carbocycles. The maximum absolute atomic E-state index is 13.0. The molecule has 5 rings (SSSR count). The Bertz CT molecular complexity index is 941. The summed E-state index contributed by atoms with van der Waals surface area (Å²) in [5.74, 6) is 0.687. The Morgan fingerprint density at radius 1 is 1.23 bits per heavy atom. The first-order valence-electron chi connectivity index (χ1n) is 8.55. The van der Waals surface area contributed by atoms with Gasteiger partial charge in [-0.2, -0.15) is 5.10 Å². The lowest BCUT2D eigenvalue weighted by molar-refractivity contribution is 0.255. The third-order valence-electron chi connectivity index (χ3n) is 4.86.